The van der Waals surface area contributed by atoms with Crippen LogP contribution in [-0.2, 0) is 6.18 Å². The van der Waals surface area contributed by atoms with Crippen molar-refractivity contribution in [3.8, 4) is 0 Å². The van der Waals surface area contributed by atoms with E-state index in [1.165, 1.54) is 12.1 Å². The van der Waals surface area contributed by atoms with E-state index in [9.17, 15) is 18.0 Å². The summed E-state index contributed by atoms with van der Waals surface area (Å²) in [4.78, 5) is 15.4. The number of carbonyl (C=O) groups excluding carboxylic acids is 1. The number of rotatable bonds is 3. The lowest BCUT2D eigenvalue weighted by Gasteiger charge is -2.09. The second kappa shape index (κ2) is 5.65. The SMILES string of the molecule is NC(=O)c1cccc(Sc2ccc(C(F)(F)F)cn2)c1N. The topological polar surface area (TPSA) is 82.0 Å². The lowest BCUT2D eigenvalue weighted by molar-refractivity contribution is -0.137. The average molecular weight is 313 g/mol. The highest BCUT2D eigenvalue weighted by Gasteiger charge is 2.30. The van der Waals surface area contributed by atoms with E-state index < -0.39 is 17.6 Å². The Bertz CT molecular complexity index is 671. The maximum absolute atomic E-state index is 12.4. The van der Waals surface area contributed by atoms with Crippen LogP contribution in [0.5, 0.6) is 0 Å². The minimum Gasteiger partial charge on any atom is -0.397 e. The summed E-state index contributed by atoms with van der Waals surface area (Å²) in [5.41, 5.74) is 10.5. The van der Waals surface area contributed by atoms with Crippen molar-refractivity contribution in [2.45, 2.75) is 16.1 Å². The van der Waals surface area contributed by atoms with E-state index in [0.717, 1.165) is 24.0 Å². The van der Waals surface area contributed by atoms with Gasteiger partial charge in [0.05, 0.1) is 16.8 Å². The molecule has 4 nitrogen and oxygen atoms in total. The molecule has 0 aliphatic rings. The molecular formula is C13H10F3N3OS. The molecule has 0 unspecified atom stereocenters. The maximum atomic E-state index is 12.4. The Labute approximate surface area is 122 Å². The second-order valence-electron chi connectivity index (χ2n) is 4.07. The Balaban J connectivity index is 2.27. The zero-order valence-corrected chi connectivity index (χ0v) is 11.3. The van der Waals surface area contributed by atoms with E-state index in [2.05, 4.69) is 4.98 Å². The first-order valence-electron chi connectivity index (χ1n) is 5.68. The summed E-state index contributed by atoms with van der Waals surface area (Å²) in [7, 11) is 0. The predicted octanol–water partition coefficient (Wildman–Crippen LogP) is 2.93. The predicted molar refractivity (Wildman–Crippen MR) is 72.7 cm³/mol. The van der Waals surface area contributed by atoms with E-state index in [4.69, 9.17) is 11.5 Å². The Hall–Kier alpha value is -2.22. The van der Waals surface area contributed by atoms with Crippen molar-refractivity contribution in [3.05, 3.63) is 47.7 Å². The van der Waals surface area contributed by atoms with Crippen molar-refractivity contribution in [2.24, 2.45) is 5.73 Å². The average Bonchev–Trinajstić information content (AvgIpc) is 2.40. The van der Waals surface area contributed by atoms with Gasteiger partial charge in [-0.2, -0.15) is 13.2 Å². The van der Waals surface area contributed by atoms with Crippen LogP contribution in [0.3, 0.4) is 0 Å². The molecule has 0 aliphatic heterocycles. The molecule has 21 heavy (non-hydrogen) atoms. The smallest absolute Gasteiger partial charge is 0.397 e. The standard InChI is InChI=1S/C13H10F3N3OS/c14-13(15,16)7-4-5-10(19-6-7)21-9-3-1-2-8(11(9)17)12(18)20/h1-6H,17H2,(H2,18,20). The second-order valence-corrected chi connectivity index (χ2v) is 5.13. The lowest BCUT2D eigenvalue weighted by Crippen LogP contribution is -2.13. The highest BCUT2D eigenvalue weighted by molar-refractivity contribution is 7.99. The fourth-order valence-electron chi connectivity index (χ4n) is 1.57. The number of hydrogen-bond donors (Lipinski definition) is 2. The number of hydrogen-bond acceptors (Lipinski definition) is 4. The molecule has 4 N–H and O–H groups in total. The van der Waals surface area contributed by atoms with Crippen LogP contribution < -0.4 is 11.5 Å². The van der Waals surface area contributed by atoms with Gasteiger partial charge in [-0.3, -0.25) is 4.79 Å². The number of primary amides is 1. The van der Waals surface area contributed by atoms with Crippen LogP contribution in [0.15, 0.2) is 46.5 Å². The Morgan fingerprint density at radius 3 is 2.43 bits per heavy atom. The number of para-hydroxylation sites is 1. The molecule has 0 saturated carbocycles. The van der Waals surface area contributed by atoms with E-state index >= 15 is 0 Å². The van der Waals surface area contributed by atoms with Crippen LogP contribution in [0.2, 0.25) is 0 Å². The van der Waals surface area contributed by atoms with Gasteiger partial charge in [0.2, 0.25) is 0 Å². The molecule has 0 spiro atoms. The van der Waals surface area contributed by atoms with Crippen molar-refractivity contribution in [3.63, 3.8) is 0 Å². The van der Waals surface area contributed by atoms with E-state index in [1.54, 1.807) is 12.1 Å². The quantitative estimate of drug-likeness (QED) is 0.854. The molecule has 2 rings (SSSR count). The van der Waals surface area contributed by atoms with Gasteiger partial charge in [-0.25, -0.2) is 4.98 Å². The summed E-state index contributed by atoms with van der Waals surface area (Å²) < 4.78 is 37.3. The number of aromatic nitrogens is 1. The summed E-state index contributed by atoms with van der Waals surface area (Å²) in [6.07, 6.45) is -3.68. The third-order valence-electron chi connectivity index (χ3n) is 2.61. The molecule has 1 aromatic heterocycles. The summed E-state index contributed by atoms with van der Waals surface area (Å²) in [6, 6.07) is 6.86. The van der Waals surface area contributed by atoms with Crippen LogP contribution in [0, 0.1) is 0 Å². The molecule has 2 aromatic rings. The zero-order chi connectivity index (χ0) is 15.6. The number of nitrogens with zero attached hydrogens (tertiary/aromatic N) is 1. The molecule has 110 valence electrons. The first-order valence-corrected chi connectivity index (χ1v) is 6.50. The first-order chi connectivity index (χ1) is 9.79. The molecule has 1 heterocycles. The van der Waals surface area contributed by atoms with Crippen LogP contribution in [0.4, 0.5) is 18.9 Å². The van der Waals surface area contributed by atoms with Gasteiger partial charge in [-0.05, 0) is 24.3 Å². The van der Waals surface area contributed by atoms with Gasteiger partial charge in [0, 0.05) is 11.1 Å². The van der Waals surface area contributed by atoms with Gasteiger partial charge < -0.3 is 11.5 Å². The van der Waals surface area contributed by atoms with Crippen molar-refractivity contribution < 1.29 is 18.0 Å². The van der Waals surface area contributed by atoms with Gasteiger partial charge in [-0.1, -0.05) is 17.8 Å². The van der Waals surface area contributed by atoms with Crippen LogP contribution in [0.25, 0.3) is 0 Å². The summed E-state index contributed by atoms with van der Waals surface area (Å²) in [5.74, 6) is -0.671. The van der Waals surface area contributed by atoms with Gasteiger partial charge in [0.15, 0.2) is 0 Å². The molecule has 8 heteroatoms. The third kappa shape index (κ3) is 3.46. The third-order valence-corrected chi connectivity index (χ3v) is 3.64. The number of nitrogen functional groups attached to an aromatic ring is 1. The molecule has 0 saturated heterocycles. The number of nitrogens with two attached hydrogens (primary N) is 2. The molecule has 1 amide bonds. The minimum absolute atomic E-state index is 0.159. The Morgan fingerprint density at radius 2 is 1.90 bits per heavy atom. The molecular weight excluding hydrogens is 303 g/mol. The Morgan fingerprint density at radius 1 is 1.19 bits per heavy atom. The number of carbonyl (C=O) groups is 1. The van der Waals surface area contributed by atoms with Gasteiger partial charge in [0.1, 0.15) is 5.03 Å². The van der Waals surface area contributed by atoms with E-state index in [-0.39, 0.29) is 11.3 Å². The molecule has 0 bridgehead atoms. The Kier molecular flexibility index (Phi) is 4.08. The first kappa shape index (κ1) is 15.2. The van der Waals surface area contributed by atoms with Crippen molar-refractivity contribution >= 4 is 23.4 Å². The summed E-state index contributed by atoms with van der Waals surface area (Å²) in [5, 5.41) is 0.330. The maximum Gasteiger partial charge on any atom is 0.417 e. The molecule has 0 fully saturated rings. The van der Waals surface area contributed by atoms with Gasteiger partial charge >= 0.3 is 6.18 Å². The minimum atomic E-state index is -4.43. The fourth-order valence-corrected chi connectivity index (χ4v) is 2.40. The fraction of sp³-hybridized carbons (Fsp3) is 0.0769. The van der Waals surface area contributed by atoms with Crippen molar-refractivity contribution in [2.75, 3.05) is 5.73 Å². The molecule has 0 radical (unpaired) electrons. The van der Waals surface area contributed by atoms with Crippen molar-refractivity contribution in [1.82, 2.24) is 4.98 Å². The number of halogens is 3. The number of alkyl halides is 3. The largest absolute Gasteiger partial charge is 0.417 e. The number of pyridine rings is 1. The van der Waals surface area contributed by atoms with Crippen LogP contribution in [-0.4, -0.2) is 10.9 Å². The molecule has 1 aromatic carbocycles. The zero-order valence-electron chi connectivity index (χ0n) is 10.5. The normalized spacial score (nSPS) is 11.4. The highest BCUT2D eigenvalue weighted by atomic mass is 32.2. The molecule has 0 atom stereocenters. The number of amides is 1. The monoisotopic (exact) mass is 313 g/mol. The lowest BCUT2D eigenvalue weighted by atomic mass is 10.2. The van der Waals surface area contributed by atoms with E-state index in [0.29, 0.717) is 9.92 Å². The van der Waals surface area contributed by atoms with Crippen LogP contribution >= 0.6 is 11.8 Å². The van der Waals surface area contributed by atoms with Crippen molar-refractivity contribution in [1.29, 1.82) is 0 Å². The van der Waals surface area contributed by atoms with Gasteiger partial charge in [-0.15, -0.1) is 0 Å². The molecule has 0 aliphatic carbocycles. The highest BCUT2D eigenvalue weighted by Crippen LogP contribution is 2.34. The van der Waals surface area contributed by atoms with Crippen LogP contribution in [0.1, 0.15) is 15.9 Å². The van der Waals surface area contributed by atoms with Gasteiger partial charge in [0.25, 0.3) is 5.91 Å². The van der Waals surface area contributed by atoms with E-state index in [1.807, 2.05) is 0 Å². The number of anilines is 1. The number of benzene rings is 1. The summed E-state index contributed by atoms with van der Waals surface area (Å²) in [6.45, 7) is 0. The summed E-state index contributed by atoms with van der Waals surface area (Å²) >= 11 is 1.05.